The van der Waals surface area contributed by atoms with E-state index in [9.17, 15) is 14.4 Å². The van der Waals surface area contributed by atoms with Crippen LogP contribution < -0.4 is 25.5 Å². The highest BCUT2D eigenvalue weighted by atomic mass is 16.5. The molecule has 0 saturated heterocycles. The van der Waals surface area contributed by atoms with Gasteiger partial charge in [-0.05, 0) is 75.9 Å². The Morgan fingerprint density at radius 1 is 0.971 bits per heavy atom. The summed E-state index contributed by atoms with van der Waals surface area (Å²) in [6, 6.07) is 8.93. The predicted octanol–water partition coefficient (Wildman–Crippen LogP) is 3.39. The van der Waals surface area contributed by atoms with Crippen molar-refractivity contribution in [3.63, 3.8) is 0 Å². The van der Waals surface area contributed by atoms with E-state index in [0.29, 0.717) is 30.1 Å². The lowest BCUT2D eigenvalue weighted by molar-refractivity contribution is -0.139. The second-order valence-corrected chi connectivity index (χ2v) is 8.23. The van der Waals surface area contributed by atoms with Crippen LogP contribution >= 0.6 is 0 Å². The van der Waals surface area contributed by atoms with Crippen molar-refractivity contribution in [3.05, 3.63) is 52.6 Å². The van der Waals surface area contributed by atoms with E-state index in [0.717, 1.165) is 22.4 Å². The largest absolute Gasteiger partial charge is 0.490 e. The third-order valence-electron chi connectivity index (χ3n) is 5.14. The Balaban J connectivity index is 2.00. The number of carbonyl (C=O) groups excluding carboxylic acids is 3. The summed E-state index contributed by atoms with van der Waals surface area (Å²) < 4.78 is 11.3. The van der Waals surface area contributed by atoms with Crippen molar-refractivity contribution in [2.24, 2.45) is 5.10 Å². The molecule has 9 heteroatoms. The van der Waals surface area contributed by atoms with Gasteiger partial charge in [0.1, 0.15) is 0 Å². The molecule has 0 radical (unpaired) electrons. The van der Waals surface area contributed by atoms with Crippen molar-refractivity contribution in [3.8, 4) is 11.5 Å². The number of hydrogen-bond donors (Lipinski definition) is 3. The lowest BCUT2D eigenvalue weighted by Crippen LogP contribution is -2.41. The average molecular weight is 483 g/mol. The fraction of sp³-hybridized carbons (Fsp3) is 0.385. The lowest BCUT2D eigenvalue weighted by atomic mass is 10.1. The van der Waals surface area contributed by atoms with Crippen LogP contribution in [0.4, 0.5) is 5.69 Å². The molecule has 0 unspecified atom stereocenters. The van der Waals surface area contributed by atoms with E-state index in [1.165, 1.54) is 6.21 Å². The Hall–Kier alpha value is -3.88. The van der Waals surface area contributed by atoms with Crippen molar-refractivity contribution >= 4 is 29.6 Å². The van der Waals surface area contributed by atoms with E-state index in [4.69, 9.17) is 9.47 Å². The summed E-state index contributed by atoms with van der Waals surface area (Å²) in [4.78, 5) is 36.1. The Labute approximate surface area is 206 Å². The van der Waals surface area contributed by atoms with Gasteiger partial charge in [-0.25, -0.2) is 5.43 Å². The number of anilines is 1. The van der Waals surface area contributed by atoms with Gasteiger partial charge in [-0.15, -0.1) is 0 Å². The number of hydrazone groups is 1. The van der Waals surface area contributed by atoms with Crippen LogP contribution in [0.2, 0.25) is 0 Å². The van der Waals surface area contributed by atoms with E-state index in [1.807, 2.05) is 53.7 Å². The predicted molar refractivity (Wildman–Crippen MR) is 136 cm³/mol. The molecule has 2 rings (SSSR count). The Morgan fingerprint density at radius 2 is 1.66 bits per heavy atom. The van der Waals surface area contributed by atoms with Crippen LogP contribution in [-0.2, 0) is 14.4 Å². The zero-order valence-electron chi connectivity index (χ0n) is 21.2. The Kier molecular flexibility index (Phi) is 10.3. The second kappa shape index (κ2) is 13.1. The minimum absolute atomic E-state index is 0.106. The smallest absolute Gasteiger partial charge is 0.329 e. The van der Waals surface area contributed by atoms with Crippen LogP contribution in [0.1, 0.15) is 49.4 Å². The van der Waals surface area contributed by atoms with E-state index in [-0.39, 0.29) is 18.6 Å². The molecule has 0 aliphatic heterocycles. The number of nitrogens with zero attached hydrogens (tertiary/aromatic N) is 1. The average Bonchev–Trinajstić information content (AvgIpc) is 2.80. The van der Waals surface area contributed by atoms with Gasteiger partial charge in [0, 0.05) is 11.7 Å². The molecule has 3 N–H and O–H groups in total. The highest BCUT2D eigenvalue weighted by molar-refractivity contribution is 6.35. The molecule has 0 spiro atoms. The number of rotatable bonds is 10. The van der Waals surface area contributed by atoms with Gasteiger partial charge in [0.05, 0.1) is 12.8 Å². The molecule has 0 saturated carbocycles. The molecule has 2 aromatic rings. The van der Waals surface area contributed by atoms with Crippen molar-refractivity contribution in [2.75, 3.05) is 18.5 Å². The quantitative estimate of drug-likeness (QED) is 0.273. The number of nitrogens with one attached hydrogen (secondary N) is 3. The lowest BCUT2D eigenvalue weighted by Gasteiger charge is -2.15. The molecule has 188 valence electrons. The molecule has 1 atom stereocenters. The van der Waals surface area contributed by atoms with Gasteiger partial charge >= 0.3 is 11.8 Å². The number of ether oxygens (including phenoxy) is 2. The molecule has 0 aliphatic rings. The SMILES string of the molecule is CCOc1cc(/C=N\NC(=O)C(=O)N[C@@H](C)CC)ccc1OCC(=O)Nc1c(C)cc(C)cc1C. The molecule has 0 fully saturated rings. The molecule has 3 amide bonds. The molecule has 35 heavy (non-hydrogen) atoms. The van der Waals surface area contributed by atoms with Crippen molar-refractivity contribution in [2.45, 2.75) is 54.0 Å². The number of benzene rings is 2. The fourth-order valence-electron chi connectivity index (χ4n) is 3.30. The minimum atomic E-state index is -0.850. The molecular weight excluding hydrogens is 448 g/mol. The minimum Gasteiger partial charge on any atom is -0.490 e. The van der Waals surface area contributed by atoms with Gasteiger partial charge in [0.15, 0.2) is 18.1 Å². The first kappa shape index (κ1) is 27.4. The summed E-state index contributed by atoms with van der Waals surface area (Å²) in [5.41, 5.74) is 6.69. The maximum absolute atomic E-state index is 12.5. The van der Waals surface area contributed by atoms with Crippen LogP contribution in [-0.4, -0.2) is 43.2 Å². The summed E-state index contributed by atoms with van der Waals surface area (Å²) in [6.07, 6.45) is 2.10. The van der Waals surface area contributed by atoms with Gasteiger partial charge in [0.25, 0.3) is 5.91 Å². The third-order valence-corrected chi connectivity index (χ3v) is 5.14. The number of amides is 3. The first-order chi connectivity index (χ1) is 16.6. The second-order valence-electron chi connectivity index (χ2n) is 8.23. The normalized spacial score (nSPS) is 11.6. The third kappa shape index (κ3) is 8.44. The van der Waals surface area contributed by atoms with E-state index < -0.39 is 11.8 Å². The van der Waals surface area contributed by atoms with Crippen LogP contribution in [0.5, 0.6) is 11.5 Å². The maximum Gasteiger partial charge on any atom is 0.329 e. The van der Waals surface area contributed by atoms with Gasteiger partial charge in [0.2, 0.25) is 0 Å². The maximum atomic E-state index is 12.5. The number of aryl methyl sites for hydroxylation is 3. The van der Waals surface area contributed by atoms with E-state index >= 15 is 0 Å². The topological polar surface area (TPSA) is 118 Å². The van der Waals surface area contributed by atoms with Crippen molar-refractivity contribution < 1.29 is 23.9 Å². The summed E-state index contributed by atoms with van der Waals surface area (Å²) in [6.45, 7) is 11.6. The van der Waals surface area contributed by atoms with Gasteiger partial charge in [-0.2, -0.15) is 5.10 Å². The first-order valence-electron chi connectivity index (χ1n) is 11.6. The Morgan fingerprint density at radius 3 is 2.29 bits per heavy atom. The highest BCUT2D eigenvalue weighted by Crippen LogP contribution is 2.28. The molecule has 9 nitrogen and oxygen atoms in total. The summed E-state index contributed by atoms with van der Waals surface area (Å²) in [5, 5.41) is 9.29. The van der Waals surface area contributed by atoms with E-state index in [2.05, 4.69) is 21.2 Å². The fourth-order valence-corrected chi connectivity index (χ4v) is 3.30. The monoisotopic (exact) mass is 482 g/mol. The zero-order chi connectivity index (χ0) is 26.0. The molecular formula is C26H34N4O5. The van der Waals surface area contributed by atoms with Crippen LogP contribution in [0.25, 0.3) is 0 Å². The van der Waals surface area contributed by atoms with Crippen molar-refractivity contribution in [1.29, 1.82) is 0 Å². The van der Waals surface area contributed by atoms with Gasteiger partial charge in [-0.1, -0.05) is 24.6 Å². The molecule has 0 heterocycles. The van der Waals surface area contributed by atoms with Crippen LogP contribution in [0, 0.1) is 20.8 Å². The Bertz CT molecular complexity index is 1070. The molecule has 0 bridgehead atoms. The van der Waals surface area contributed by atoms with E-state index in [1.54, 1.807) is 18.2 Å². The van der Waals surface area contributed by atoms with Crippen molar-refractivity contribution in [1.82, 2.24) is 10.7 Å². The highest BCUT2D eigenvalue weighted by Gasteiger charge is 2.15. The van der Waals surface area contributed by atoms with Crippen LogP contribution in [0.15, 0.2) is 35.4 Å². The van der Waals surface area contributed by atoms with Gasteiger partial charge < -0.3 is 20.1 Å². The summed E-state index contributed by atoms with van der Waals surface area (Å²) >= 11 is 0. The molecule has 0 aliphatic carbocycles. The summed E-state index contributed by atoms with van der Waals surface area (Å²) in [7, 11) is 0. The van der Waals surface area contributed by atoms with Crippen LogP contribution in [0.3, 0.4) is 0 Å². The number of hydrogen-bond acceptors (Lipinski definition) is 6. The molecule has 0 aromatic heterocycles. The standard InChI is InChI=1S/C26H34N4O5/c1-7-19(6)28-25(32)26(33)30-27-14-20-9-10-21(22(13-20)34-8-2)35-15-23(31)29-24-17(4)11-16(3)12-18(24)5/h9-14,19H,7-8,15H2,1-6H3,(H,28,32)(H,29,31)(H,30,33)/b27-14-/t19-/m0/s1. The molecule has 2 aromatic carbocycles. The first-order valence-corrected chi connectivity index (χ1v) is 11.6. The van der Waals surface area contributed by atoms with Gasteiger partial charge in [-0.3, -0.25) is 14.4 Å². The summed E-state index contributed by atoms with van der Waals surface area (Å²) in [5.74, 6) is -1.06. The zero-order valence-corrected chi connectivity index (χ0v) is 21.2. The number of carbonyl (C=O) groups is 3.